The number of nitrogens with zero attached hydrogens (tertiary/aromatic N) is 4. The van der Waals surface area contributed by atoms with Crippen LogP contribution in [0.2, 0.25) is 0 Å². The molecule has 1 rings (SSSR count). The van der Waals surface area contributed by atoms with Crippen LogP contribution in [0.1, 0.15) is 13.8 Å². The van der Waals surface area contributed by atoms with Crippen molar-refractivity contribution in [1.82, 2.24) is 24.9 Å². The molecule has 0 spiro atoms. The van der Waals surface area contributed by atoms with E-state index in [4.69, 9.17) is 5.11 Å². The molecule has 1 aliphatic rings. The van der Waals surface area contributed by atoms with Crippen molar-refractivity contribution in [2.45, 2.75) is 26.1 Å². The maximum absolute atomic E-state index is 11.3. The molecule has 1 saturated heterocycles. The van der Waals surface area contributed by atoms with Crippen LogP contribution in [0, 0.1) is 0 Å². The van der Waals surface area contributed by atoms with Crippen molar-refractivity contribution in [3.8, 4) is 0 Å². The summed E-state index contributed by atoms with van der Waals surface area (Å²) < 4.78 is 0. The van der Waals surface area contributed by atoms with Crippen molar-refractivity contribution in [3.05, 3.63) is 0 Å². The minimum Gasteiger partial charge on any atom is -0.480 e. The first-order chi connectivity index (χ1) is 14.5. The zero-order valence-electron chi connectivity index (χ0n) is 18.4. The van der Waals surface area contributed by atoms with Gasteiger partial charge in [-0.1, -0.05) is 0 Å². The summed E-state index contributed by atoms with van der Waals surface area (Å²) in [7, 11) is 0. The molecule has 0 aromatic carbocycles. The number of carboxylic acid groups (broad SMARTS) is 3. The van der Waals surface area contributed by atoms with Gasteiger partial charge in [0.1, 0.15) is 6.23 Å². The molecule has 0 saturated carbocycles. The molecule has 0 aromatic heterocycles. The average molecular weight is 448 g/mol. The summed E-state index contributed by atoms with van der Waals surface area (Å²) in [5.41, 5.74) is 0. The van der Waals surface area contributed by atoms with Crippen LogP contribution >= 0.6 is 0 Å². The van der Waals surface area contributed by atoms with Gasteiger partial charge in [0.25, 0.3) is 0 Å². The number of hydrogen-bond donors (Lipinski definition) is 5. The van der Waals surface area contributed by atoms with Crippen LogP contribution < -0.4 is 5.32 Å². The fourth-order valence-electron chi connectivity index (χ4n) is 3.49. The molecule has 31 heavy (non-hydrogen) atoms. The van der Waals surface area contributed by atoms with Crippen molar-refractivity contribution in [2.24, 2.45) is 0 Å². The highest BCUT2D eigenvalue weighted by Gasteiger charge is 2.21. The first-order valence-corrected chi connectivity index (χ1v) is 10.5. The van der Waals surface area contributed by atoms with Crippen molar-refractivity contribution >= 4 is 17.9 Å². The average Bonchev–Trinajstić information content (AvgIpc) is 2.62. The molecule has 1 unspecified atom stereocenters. The van der Waals surface area contributed by atoms with Gasteiger partial charge >= 0.3 is 17.9 Å². The lowest BCUT2D eigenvalue weighted by atomic mass is 10.3. The largest absolute Gasteiger partial charge is 0.480 e. The van der Waals surface area contributed by atoms with E-state index in [0.29, 0.717) is 58.9 Å². The number of carbonyl (C=O) groups is 3. The summed E-state index contributed by atoms with van der Waals surface area (Å²) >= 11 is 0. The van der Waals surface area contributed by atoms with Gasteiger partial charge in [-0.15, -0.1) is 0 Å². The number of rotatable bonds is 10. The molecule has 180 valence electrons. The SMILES string of the molecule is CC(C)NC(O)CN1CCN(CC(=O)O)CCN(CC(=O)O)CCN(CC(=O)O)CC1. The van der Waals surface area contributed by atoms with Crippen LogP contribution in [0.5, 0.6) is 0 Å². The van der Waals surface area contributed by atoms with Crippen LogP contribution in [0.15, 0.2) is 0 Å². The van der Waals surface area contributed by atoms with E-state index >= 15 is 0 Å². The fraction of sp³-hybridized carbons (Fsp3) is 0.842. The molecule has 12 heteroatoms. The van der Waals surface area contributed by atoms with E-state index in [1.165, 1.54) is 0 Å². The molecule has 0 aromatic rings. The molecule has 1 heterocycles. The van der Waals surface area contributed by atoms with Crippen LogP contribution in [0.25, 0.3) is 0 Å². The summed E-state index contributed by atoms with van der Waals surface area (Å²) in [6, 6.07) is 0.0923. The van der Waals surface area contributed by atoms with E-state index in [-0.39, 0.29) is 25.7 Å². The minimum atomic E-state index is -0.987. The Kier molecular flexibility index (Phi) is 12.5. The van der Waals surface area contributed by atoms with Crippen molar-refractivity contribution in [2.75, 3.05) is 78.5 Å². The molecule has 1 aliphatic heterocycles. The zero-order chi connectivity index (χ0) is 23.4. The maximum Gasteiger partial charge on any atom is 0.317 e. The Morgan fingerprint density at radius 1 is 0.677 bits per heavy atom. The molecule has 12 nitrogen and oxygen atoms in total. The van der Waals surface area contributed by atoms with Gasteiger partial charge in [0.2, 0.25) is 0 Å². The van der Waals surface area contributed by atoms with Crippen molar-refractivity contribution in [3.63, 3.8) is 0 Å². The minimum absolute atomic E-state index is 0.0923. The predicted octanol–water partition coefficient (Wildman–Crippen LogP) is -2.22. The Morgan fingerprint density at radius 2 is 0.968 bits per heavy atom. The molecular formula is C19H37N5O7. The fourth-order valence-corrected chi connectivity index (χ4v) is 3.49. The molecule has 1 fully saturated rings. The van der Waals surface area contributed by atoms with Gasteiger partial charge in [-0.05, 0) is 13.8 Å². The van der Waals surface area contributed by atoms with Crippen LogP contribution in [0.4, 0.5) is 0 Å². The molecule has 0 aliphatic carbocycles. The Hall–Kier alpha value is -1.83. The summed E-state index contributed by atoms with van der Waals surface area (Å²) in [5.74, 6) is -2.91. The van der Waals surface area contributed by atoms with Gasteiger partial charge in [-0.2, -0.15) is 0 Å². The number of nitrogens with one attached hydrogen (secondary N) is 1. The highest BCUT2D eigenvalue weighted by Crippen LogP contribution is 2.02. The van der Waals surface area contributed by atoms with Gasteiger partial charge in [-0.25, -0.2) is 0 Å². The number of carboxylic acids is 3. The second-order valence-corrected chi connectivity index (χ2v) is 8.15. The Bertz CT molecular complexity index is 546. The third-order valence-corrected chi connectivity index (χ3v) is 4.96. The molecule has 0 bridgehead atoms. The van der Waals surface area contributed by atoms with E-state index < -0.39 is 24.1 Å². The molecule has 0 amide bonds. The second kappa shape index (κ2) is 14.3. The standard InChI is InChI=1S/C19H37N5O7/c1-15(2)20-16(25)11-21-3-5-22(12-17(26)27)7-9-24(14-19(30)31)10-8-23(6-4-21)13-18(28)29/h15-16,20,25H,3-14H2,1-2H3,(H,26,27)(H,28,29)(H,30,31). The van der Waals surface area contributed by atoms with Gasteiger partial charge in [0, 0.05) is 64.9 Å². The quantitative estimate of drug-likeness (QED) is 0.230. The normalized spacial score (nSPS) is 20.1. The van der Waals surface area contributed by atoms with E-state index in [2.05, 4.69) is 5.32 Å². The first-order valence-electron chi connectivity index (χ1n) is 10.5. The number of aliphatic hydroxyl groups is 1. The van der Waals surface area contributed by atoms with Crippen LogP contribution in [-0.4, -0.2) is 149 Å². The lowest BCUT2D eigenvalue weighted by Gasteiger charge is -2.34. The number of aliphatic carboxylic acids is 3. The highest BCUT2D eigenvalue weighted by molar-refractivity contribution is 5.69. The van der Waals surface area contributed by atoms with Crippen LogP contribution in [-0.2, 0) is 14.4 Å². The summed E-state index contributed by atoms with van der Waals surface area (Å²) in [4.78, 5) is 40.9. The molecular weight excluding hydrogens is 410 g/mol. The first kappa shape index (κ1) is 27.2. The van der Waals surface area contributed by atoms with E-state index in [0.717, 1.165) is 0 Å². The Balaban J connectivity index is 2.92. The molecule has 0 radical (unpaired) electrons. The van der Waals surface area contributed by atoms with Gasteiger partial charge in [0.15, 0.2) is 0 Å². The number of aliphatic hydroxyl groups excluding tert-OH is 1. The third kappa shape index (κ3) is 13.2. The second-order valence-electron chi connectivity index (χ2n) is 8.15. The van der Waals surface area contributed by atoms with Crippen molar-refractivity contribution < 1.29 is 34.8 Å². The van der Waals surface area contributed by atoms with E-state index in [1.807, 2.05) is 18.7 Å². The topological polar surface area (TPSA) is 157 Å². The molecule has 5 N–H and O–H groups in total. The summed E-state index contributed by atoms with van der Waals surface area (Å²) in [6.45, 7) is 6.96. The number of β-amino-alcohol motifs (C(OH)–C–C–N with tert-alkyl or cyclic N) is 1. The van der Waals surface area contributed by atoms with Gasteiger partial charge in [0.05, 0.1) is 19.6 Å². The number of hydrogen-bond acceptors (Lipinski definition) is 9. The Morgan fingerprint density at radius 3 is 1.23 bits per heavy atom. The third-order valence-electron chi connectivity index (χ3n) is 4.96. The highest BCUT2D eigenvalue weighted by atomic mass is 16.4. The zero-order valence-corrected chi connectivity index (χ0v) is 18.4. The van der Waals surface area contributed by atoms with E-state index in [9.17, 15) is 29.7 Å². The predicted molar refractivity (Wildman–Crippen MR) is 113 cm³/mol. The van der Waals surface area contributed by atoms with Crippen molar-refractivity contribution in [1.29, 1.82) is 0 Å². The smallest absolute Gasteiger partial charge is 0.317 e. The van der Waals surface area contributed by atoms with Gasteiger partial charge in [-0.3, -0.25) is 39.3 Å². The lowest BCUT2D eigenvalue weighted by molar-refractivity contribution is -0.140. The lowest BCUT2D eigenvalue weighted by Crippen LogP contribution is -2.51. The monoisotopic (exact) mass is 447 g/mol. The summed E-state index contributed by atoms with van der Waals surface area (Å²) in [6.07, 6.45) is -0.764. The van der Waals surface area contributed by atoms with E-state index in [1.54, 1.807) is 14.7 Å². The summed E-state index contributed by atoms with van der Waals surface area (Å²) in [5, 5.41) is 40.9. The van der Waals surface area contributed by atoms with Crippen LogP contribution in [0.3, 0.4) is 0 Å². The molecule has 1 atom stereocenters. The Labute approximate surface area is 183 Å². The van der Waals surface area contributed by atoms with Gasteiger partial charge < -0.3 is 20.4 Å². The maximum atomic E-state index is 11.3.